The predicted octanol–water partition coefficient (Wildman–Crippen LogP) is 5.95. The summed E-state index contributed by atoms with van der Waals surface area (Å²) in [4.78, 5) is 14.9. The maximum Gasteiger partial charge on any atom is 0.271 e. The van der Waals surface area contributed by atoms with Gasteiger partial charge in [0.1, 0.15) is 0 Å². The van der Waals surface area contributed by atoms with Crippen molar-refractivity contribution in [3.05, 3.63) is 120 Å². The number of hydrogen-bond acceptors (Lipinski definition) is 5. The van der Waals surface area contributed by atoms with E-state index in [0.717, 1.165) is 22.6 Å². The number of anilines is 3. The Bertz CT molecular complexity index is 1450. The molecule has 194 valence electrons. The third kappa shape index (κ3) is 6.16. The van der Waals surface area contributed by atoms with E-state index >= 15 is 0 Å². The summed E-state index contributed by atoms with van der Waals surface area (Å²) in [6, 6.07) is 34.0. The van der Waals surface area contributed by atoms with Crippen molar-refractivity contribution < 1.29 is 13.2 Å². The topological polar surface area (TPSA) is 82.1 Å². The molecular weight excluding hydrogens is 496 g/mol. The molecule has 0 atom stereocenters. The average Bonchev–Trinajstić information content (AvgIpc) is 2.96. The van der Waals surface area contributed by atoms with E-state index in [9.17, 15) is 13.2 Å². The van der Waals surface area contributed by atoms with Gasteiger partial charge in [0.25, 0.3) is 5.91 Å². The summed E-state index contributed by atoms with van der Waals surface area (Å²) in [7, 11) is -3.66. The molecule has 0 aromatic heterocycles. The molecule has 1 amide bonds. The highest BCUT2D eigenvalue weighted by atomic mass is 32.2. The number of nitrogens with zero attached hydrogens (tertiary/aromatic N) is 3. The zero-order chi connectivity index (χ0) is 27.0. The fourth-order valence-corrected chi connectivity index (χ4v) is 5.56. The lowest BCUT2D eigenvalue weighted by Crippen LogP contribution is -2.30. The first-order chi connectivity index (χ1) is 18.4. The summed E-state index contributed by atoms with van der Waals surface area (Å²) in [6.45, 7) is 4.26. The summed E-state index contributed by atoms with van der Waals surface area (Å²) in [6.07, 6.45) is 1.55. The molecule has 1 N–H and O–H groups in total. The van der Waals surface area contributed by atoms with Crippen LogP contribution in [0.5, 0.6) is 0 Å². The fraction of sp³-hybridized carbons (Fsp3) is 0.133. The lowest BCUT2D eigenvalue weighted by Gasteiger charge is -2.25. The molecule has 4 aromatic rings. The summed E-state index contributed by atoms with van der Waals surface area (Å²) >= 11 is 0. The SMILES string of the molecule is CCN(CC)S(=O)(=O)c1cccc(C(=O)N/N=C\c2ccc(N(c3ccccc3)c3ccccc3)cc2)c1. The molecule has 0 heterocycles. The Labute approximate surface area is 224 Å². The van der Waals surface area contributed by atoms with Crippen LogP contribution in [0.1, 0.15) is 29.8 Å². The first kappa shape index (κ1) is 26.8. The van der Waals surface area contributed by atoms with Gasteiger partial charge in [-0.3, -0.25) is 4.79 Å². The molecule has 0 saturated heterocycles. The molecule has 8 heteroatoms. The number of carbonyl (C=O) groups excluding carboxylic acids is 1. The van der Waals surface area contributed by atoms with Crippen LogP contribution in [0.4, 0.5) is 17.1 Å². The molecule has 0 spiro atoms. The van der Waals surface area contributed by atoms with E-state index in [4.69, 9.17) is 0 Å². The summed E-state index contributed by atoms with van der Waals surface area (Å²) in [5.74, 6) is -0.492. The number of rotatable bonds is 10. The zero-order valence-corrected chi connectivity index (χ0v) is 22.2. The number of benzene rings is 4. The third-order valence-corrected chi connectivity index (χ3v) is 8.05. The van der Waals surface area contributed by atoms with E-state index in [0.29, 0.717) is 13.1 Å². The monoisotopic (exact) mass is 526 g/mol. The average molecular weight is 527 g/mol. The van der Waals surface area contributed by atoms with E-state index in [-0.39, 0.29) is 10.5 Å². The zero-order valence-electron chi connectivity index (χ0n) is 21.4. The Morgan fingerprint density at radius 2 is 1.32 bits per heavy atom. The van der Waals surface area contributed by atoms with Crippen molar-refractivity contribution in [1.82, 2.24) is 9.73 Å². The molecule has 0 aliphatic rings. The second kappa shape index (κ2) is 12.3. The smallest absolute Gasteiger partial charge is 0.271 e. The minimum absolute atomic E-state index is 0.0785. The standard InChI is InChI=1S/C30H30N4O3S/c1-3-33(4-2)38(36,37)29-17-11-12-25(22-29)30(35)32-31-23-24-18-20-28(21-19-24)34(26-13-7-5-8-14-26)27-15-9-6-10-16-27/h5-23H,3-4H2,1-2H3,(H,32,35)/b31-23-. The quantitative estimate of drug-likeness (QED) is 0.204. The molecule has 0 saturated carbocycles. The highest BCUT2D eigenvalue weighted by Gasteiger charge is 2.22. The molecule has 0 aliphatic carbocycles. The molecule has 38 heavy (non-hydrogen) atoms. The van der Waals surface area contributed by atoms with E-state index in [1.807, 2.05) is 60.7 Å². The van der Waals surface area contributed by atoms with Gasteiger partial charge in [0.2, 0.25) is 10.0 Å². The molecule has 0 radical (unpaired) electrons. The van der Waals surface area contributed by atoms with E-state index in [2.05, 4.69) is 39.7 Å². The Morgan fingerprint density at radius 1 is 0.763 bits per heavy atom. The van der Waals surface area contributed by atoms with E-state index < -0.39 is 15.9 Å². The number of carbonyl (C=O) groups is 1. The molecule has 0 fully saturated rings. The van der Waals surface area contributed by atoms with Crippen LogP contribution in [0.25, 0.3) is 0 Å². The first-order valence-electron chi connectivity index (χ1n) is 12.4. The number of amides is 1. The van der Waals surface area contributed by atoms with Crippen molar-refractivity contribution in [2.24, 2.45) is 5.10 Å². The summed E-state index contributed by atoms with van der Waals surface area (Å²) < 4.78 is 26.9. The largest absolute Gasteiger partial charge is 0.311 e. The third-order valence-electron chi connectivity index (χ3n) is 6.00. The van der Waals surface area contributed by atoms with Gasteiger partial charge in [-0.2, -0.15) is 9.41 Å². The number of sulfonamides is 1. The maximum atomic E-state index is 12.8. The van der Waals surface area contributed by atoms with Crippen molar-refractivity contribution in [2.45, 2.75) is 18.7 Å². The second-order valence-electron chi connectivity index (χ2n) is 8.41. The Kier molecular flexibility index (Phi) is 8.68. The maximum absolute atomic E-state index is 12.8. The predicted molar refractivity (Wildman–Crippen MR) is 153 cm³/mol. The Morgan fingerprint density at radius 3 is 1.87 bits per heavy atom. The van der Waals surface area contributed by atoms with Crippen molar-refractivity contribution in [3.8, 4) is 0 Å². The molecule has 0 bridgehead atoms. The molecular formula is C30H30N4O3S. The van der Waals surface area contributed by atoms with Crippen molar-refractivity contribution in [2.75, 3.05) is 18.0 Å². The van der Waals surface area contributed by atoms with Gasteiger partial charge < -0.3 is 4.90 Å². The highest BCUT2D eigenvalue weighted by molar-refractivity contribution is 7.89. The summed E-state index contributed by atoms with van der Waals surface area (Å²) in [5.41, 5.74) is 6.56. The molecule has 0 aliphatic heterocycles. The van der Waals surface area contributed by atoms with Gasteiger partial charge in [-0.25, -0.2) is 13.8 Å². The van der Waals surface area contributed by atoms with Crippen LogP contribution in [0, 0.1) is 0 Å². The minimum atomic E-state index is -3.66. The van der Waals surface area contributed by atoms with Gasteiger partial charge >= 0.3 is 0 Å². The van der Waals surface area contributed by atoms with Crippen LogP contribution in [0.2, 0.25) is 0 Å². The van der Waals surface area contributed by atoms with Crippen molar-refractivity contribution in [1.29, 1.82) is 0 Å². The molecule has 4 rings (SSSR count). The highest BCUT2D eigenvalue weighted by Crippen LogP contribution is 2.33. The van der Waals surface area contributed by atoms with Crippen LogP contribution in [-0.4, -0.2) is 37.9 Å². The summed E-state index contributed by atoms with van der Waals surface area (Å²) in [5, 5.41) is 4.07. The van der Waals surface area contributed by atoms with Crippen LogP contribution < -0.4 is 10.3 Å². The molecule has 7 nitrogen and oxygen atoms in total. The minimum Gasteiger partial charge on any atom is -0.311 e. The first-order valence-corrected chi connectivity index (χ1v) is 13.8. The van der Waals surface area contributed by atoms with Gasteiger partial charge in [0, 0.05) is 35.7 Å². The van der Waals surface area contributed by atoms with E-state index in [1.165, 1.54) is 16.4 Å². The van der Waals surface area contributed by atoms with Gasteiger partial charge in [0.05, 0.1) is 11.1 Å². The van der Waals surface area contributed by atoms with Crippen LogP contribution in [-0.2, 0) is 10.0 Å². The number of hydrazone groups is 1. The fourth-order valence-electron chi connectivity index (χ4n) is 4.05. The molecule has 4 aromatic carbocycles. The normalized spacial score (nSPS) is 11.6. The number of nitrogens with one attached hydrogen (secondary N) is 1. The van der Waals surface area contributed by atoms with Crippen molar-refractivity contribution in [3.63, 3.8) is 0 Å². The van der Waals surface area contributed by atoms with Gasteiger partial charge in [-0.1, -0.05) is 68.4 Å². The van der Waals surface area contributed by atoms with Gasteiger partial charge in [-0.05, 0) is 60.2 Å². The van der Waals surface area contributed by atoms with Crippen LogP contribution >= 0.6 is 0 Å². The lowest BCUT2D eigenvalue weighted by atomic mass is 10.1. The lowest BCUT2D eigenvalue weighted by molar-refractivity contribution is 0.0955. The number of para-hydroxylation sites is 2. The second-order valence-corrected chi connectivity index (χ2v) is 10.4. The van der Waals surface area contributed by atoms with Gasteiger partial charge in [0.15, 0.2) is 0 Å². The Hall–Kier alpha value is -4.27. The molecule has 0 unspecified atom stereocenters. The van der Waals surface area contributed by atoms with E-state index in [1.54, 1.807) is 32.2 Å². The van der Waals surface area contributed by atoms with Crippen LogP contribution in [0.3, 0.4) is 0 Å². The van der Waals surface area contributed by atoms with Crippen molar-refractivity contribution >= 4 is 39.2 Å². The Balaban J connectivity index is 1.48. The van der Waals surface area contributed by atoms with Crippen LogP contribution in [0.15, 0.2) is 119 Å². The number of hydrogen-bond donors (Lipinski definition) is 1. The van der Waals surface area contributed by atoms with Gasteiger partial charge in [-0.15, -0.1) is 0 Å².